The van der Waals surface area contributed by atoms with Gasteiger partial charge in [-0.2, -0.15) is 0 Å². The van der Waals surface area contributed by atoms with Crippen molar-refractivity contribution in [2.45, 2.75) is 6.92 Å². The van der Waals surface area contributed by atoms with Gasteiger partial charge in [0.25, 0.3) is 23.1 Å². The average molecular weight is 358 g/mol. The first-order chi connectivity index (χ1) is 12.0. The maximum absolute atomic E-state index is 12.0. The number of hydrogen-bond donors (Lipinski definition) is 2. The molecular formula is C16H14N4O4S. The highest BCUT2D eigenvalue weighted by molar-refractivity contribution is 7.81. The van der Waals surface area contributed by atoms with Gasteiger partial charge >= 0.3 is 0 Å². The van der Waals surface area contributed by atoms with Crippen LogP contribution < -0.4 is 10.0 Å². The van der Waals surface area contributed by atoms with Gasteiger partial charge in [-0.1, -0.05) is 28.9 Å². The number of anilines is 2. The van der Waals surface area contributed by atoms with Crippen LogP contribution >= 0.6 is 0 Å². The number of rotatable bonds is 5. The molecule has 3 N–H and O–H groups in total. The quantitative estimate of drug-likeness (QED) is 0.675. The maximum Gasteiger partial charge on any atom is 0.269 e. The average Bonchev–Trinajstić information content (AvgIpc) is 3.02. The van der Waals surface area contributed by atoms with E-state index in [2.05, 4.69) is 10.1 Å². The standard InChI is InChI=1S/C16H14N4O4S/c1-10-5-7-11(8-6-10)20(25(22)23)16-13(15(17)21)14(19-24-16)12-4-2-3-9-18-12/h2-9H,1H3,(H2,17,21)(H,22,23). The molecule has 0 spiro atoms. The predicted molar refractivity (Wildman–Crippen MR) is 92.3 cm³/mol. The van der Waals surface area contributed by atoms with Crippen molar-refractivity contribution in [2.75, 3.05) is 4.31 Å². The number of primary amides is 1. The first kappa shape index (κ1) is 16.8. The molecule has 8 nitrogen and oxygen atoms in total. The molecule has 128 valence electrons. The number of nitrogens with two attached hydrogens (primary N) is 1. The van der Waals surface area contributed by atoms with E-state index in [-0.39, 0.29) is 17.1 Å². The highest BCUT2D eigenvalue weighted by Crippen LogP contribution is 2.35. The van der Waals surface area contributed by atoms with E-state index in [1.54, 1.807) is 42.5 Å². The normalized spacial score (nSPS) is 11.9. The number of carbonyl (C=O) groups is 1. The molecule has 0 saturated carbocycles. The lowest BCUT2D eigenvalue weighted by Gasteiger charge is -2.17. The molecule has 0 saturated heterocycles. The minimum absolute atomic E-state index is 0.102. The third kappa shape index (κ3) is 3.28. The molecule has 0 radical (unpaired) electrons. The van der Waals surface area contributed by atoms with Gasteiger partial charge in [0.15, 0.2) is 0 Å². The Kier molecular flexibility index (Phi) is 4.59. The van der Waals surface area contributed by atoms with Crippen molar-refractivity contribution < 1.29 is 18.1 Å². The van der Waals surface area contributed by atoms with Crippen molar-refractivity contribution >= 4 is 28.7 Å². The Morgan fingerprint density at radius 3 is 2.52 bits per heavy atom. The number of nitrogens with zero attached hydrogens (tertiary/aromatic N) is 3. The Balaban J connectivity index is 2.18. The van der Waals surface area contributed by atoms with Crippen molar-refractivity contribution in [3.05, 3.63) is 59.8 Å². The molecular weight excluding hydrogens is 344 g/mol. The molecule has 0 fully saturated rings. The molecule has 2 aromatic heterocycles. The van der Waals surface area contributed by atoms with Gasteiger partial charge in [-0.25, -0.2) is 8.51 Å². The topological polar surface area (TPSA) is 123 Å². The minimum Gasteiger partial charge on any atom is -0.365 e. The fourth-order valence-electron chi connectivity index (χ4n) is 2.28. The fraction of sp³-hybridized carbons (Fsp3) is 0.0625. The van der Waals surface area contributed by atoms with Gasteiger partial charge in [-0.15, -0.1) is 0 Å². The number of benzene rings is 1. The summed E-state index contributed by atoms with van der Waals surface area (Å²) in [4.78, 5) is 16.1. The zero-order chi connectivity index (χ0) is 18.0. The van der Waals surface area contributed by atoms with Crippen molar-refractivity contribution in [2.24, 2.45) is 5.73 Å². The van der Waals surface area contributed by atoms with Crippen molar-refractivity contribution in [3.63, 3.8) is 0 Å². The van der Waals surface area contributed by atoms with E-state index in [0.717, 1.165) is 9.87 Å². The van der Waals surface area contributed by atoms with Crippen LogP contribution in [0.1, 0.15) is 15.9 Å². The van der Waals surface area contributed by atoms with Gasteiger partial charge < -0.3 is 10.3 Å². The summed E-state index contributed by atoms with van der Waals surface area (Å²) in [5.74, 6) is -1.07. The van der Waals surface area contributed by atoms with Gasteiger partial charge in [0.1, 0.15) is 11.3 Å². The number of amides is 1. The number of aromatic nitrogens is 2. The van der Waals surface area contributed by atoms with Gasteiger partial charge in [-0.3, -0.25) is 14.3 Å². The first-order valence-electron chi connectivity index (χ1n) is 7.17. The summed E-state index contributed by atoms with van der Waals surface area (Å²) in [5.41, 5.74) is 7.11. The van der Waals surface area contributed by atoms with E-state index in [1.807, 2.05) is 6.92 Å². The van der Waals surface area contributed by atoms with Gasteiger partial charge in [0, 0.05) is 6.20 Å². The van der Waals surface area contributed by atoms with Crippen LogP contribution in [0.3, 0.4) is 0 Å². The summed E-state index contributed by atoms with van der Waals surface area (Å²) < 4.78 is 27.7. The molecule has 25 heavy (non-hydrogen) atoms. The van der Waals surface area contributed by atoms with Crippen LogP contribution in [-0.4, -0.2) is 24.8 Å². The molecule has 1 unspecified atom stereocenters. The molecule has 3 aromatic rings. The number of carbonyl (C=O) groups excluding carboxylic acids is 1. The lowest BCUT2D eigenvalue weighted by Crippen LogP contribution is -2.23. The highest BCUT2D eigenvalue weighted by Gasteiger charge is 2.30. The number of pyridine rings is 1. The molecule has 0 bridgehead atoms. The van der Waals surface area contributed by atoms with Crippen LogP contribution in [0.15, 0.2) is 53.2 Å². The zero-order valence-electron chi connectivity index (χ0n) is 13.1. The monoisotopic (exact) mass is 358 g/mol. The SMILES string of the molecule is Cc1ccc(N(c2onc(-c3ccccn3)c2C(N)=O)S(=O)O)cc1. The summed E-state index contributed by atoms with van der Waals surface area (Å²) in [7, 11) is 0. The van der Waals surface area contributed by atoms with Crippen molar-refractivity contribution in [1.82, 2.24) is 10.1 Å². The van der Waals surface area contributed by atoms with Crippen LogP contribution in [0.4, 0.5) is 11.6 Å². The molecule has 1 aromatic carbocycles. The van der Waals surface area contributed by atoms with Gasteiger partial charge in [0.05, 0.1) is 11.4 Å². The zero-order valence-corrected chi connectivity index (χ0v) is 13.9. The highest BCUT2D eigenvalue weighted by atomic mass is 32.2. The van der Waals surface area contributed by atoms with Gasteiger partial charge in [-0.05, 0) is 31.2 Å². The molecule has 1 amide bonds. The molecule has 0 aliphatic carbocycles. The minimum atomic E-state index is -2.51. The summed E-state index contributed by atoms with van der Waals surface area (Å²) in [6.45, 7) is 1.88. The second-order valence-corrected chi connectivity index (χ2v) is 5.98. The van der Waals surface area contributed by atoms with Crippen LogP contribution in [-0.2, 0) is 11.3 Å². The second-order valence-electron chi connectivity index (χ2n) is 5.15. The maximum atomic E-state index is 12.0. The Morgan fingerprint density at radius 2 is 1.96 bits per heavy atom. The Hall–Kier alpha value is -3.04. The molecule has 9 heteroatoms. The van der Waals surface area contributed by atoms with E-state index >= 15 is 0 Å². The van der Waals surface area contributed by atoms with E-state index in [0.29, 0.717) is 11.4 Å². The lowest BCUT2D eigenvalue weighted by atomic mass is 10.1. The third-order valence-electron chi connectivity index (χ3n) is 3.44. The Morgan fingerprint density at radius 1 is 1.24 bits per heavy atom. The lowest BCUT2D eigenvalue weighted by molar-refractivity contribution is 0.100. The predicted octanol–water partition coefficient (Wildman–Crippen LogP) is 2.42. The molecule has 1 atom stereocenters. The summed E-state index contributed by atoms with van der Waals surface area (Å²) in [6.07, 6.45) is 1.52. The van der Waals surface area contributed by atoms with E-state index in [4.69, 9.17) is 10.3 Å². The van der Waals surface area contributed by atoms with Crippen molar-refractivity contribution in [1.29, 1.82) is 0 Å². The van der Waals surface area contributed by atoms with Crippen LogP contribution in [0.2, 0.25) is 0 Å². The largest absolute Gasteiger partial charge is 0.365 e. The third-order valence-corrected chi connectivity index (χ3v) is 4.13. The molecule has 0 aliphatic rings. The first-order valence-corrected chi connectivity index (χ1v) is 8.24. The summed E-state index contributed by atoms with van der Waals surface area (Å²) in [6, 6.07) is 11.8. The van der Waals surface area contributed by atoms with E-state index in [9.17, 15) is 13.6 Å². The van der Waals surface area contributed by atoms with Crippen LogP contribution in [0.25, 0.3) is 11.4 Å². The summed E-state index contributed by atoms with van der Waals surface area (Å²) in [5, 5.41) is 3.83. The van der Waals surface area contributed by atoms with Crippen molar-refractivity contribution in [3.8, 4) is 11.4 Å². The van der Waals surface area contributed by atoms with Gasteiger partial charge in [0.2, 0.25) is 0 Å². The smallest absolute Gasteiger partial charge is 0.269 e. The Labute approximate surface area is 145 Å². The fourth-order valence-corrected chi connectivity index (χ4v) is 2.85. The Bertz CT molecular complexity index is 925. The summed E-state index contributed by atoms with van der Waals surface area (Å²) >= 11 is -2.51. The van der Waals surface area contributed by atoms with Crippen LogP contribution in [0, 0.1) is 6.92 Å². The molecule has 3 rings (SSSR count). The number of hydrogen-bond acceptors (Lipinski definition) is 5. The molecule has 2 heterocycles. The number of aryl methyl sites for hydroxylation is 1. The molecule has 0 aliphatic heterocycles. The second kappa shape index (κ2) is 6.83. The van der Waals surface area contributed by atoms with E-state index < -0.39 is 17.2 Å². The van der Waals surface area contributed by atoms with Crippen LogP contribution in [0.5, 0.6) is 0 Å². The van der Waals surface area contributed by atoms with E-state index in [1.165, 1.54) is 6.20 Å².